The van der Waals surface area contributed by atoms with Crippen molar-refractivity contribution in [3.8, 4) is 11.6 Å². The molecule has 2 N–H and O–H groups in total. The summed E-state index contributed by atoms with van der Waals surface area (Å²) in [5, 5.41) is 7.08. The van der Waals surface area contributed by atoms with Gasteiger partial charge in [0.2, 0.25) is 11.7 Å². The first-order valence-corrected chi connectivity index (χ1v) is 4.95. The molecular formula is C9H12ClN5O. The molecule has 1 saturated heterocycles. The zero-order valence-electron chi connectivity index (χ0n) is 8.51. The van der Waals surface area contributed by atoms with Crippen molar-refractivity contribution in [3.05, 3.63) is 18.3 Å². The number of hydrogen-bond donors (Lipinski definition) is 2. The minimum Gasteiger partial charge on any atom is -0.342 e. The molecule has 1 aliphatic heterocycles. The normalized spacial score (nSPS) is 15.5. The molecule has 0 atom stereocenters. The molecule has 0 unspecified atom stereocenters. The van der Waals surface area contributed by atoms with Crippen LogP contribution < -0.4 is 5.32 Å². The van der Waals surface area contributed by atoms with Gasteiger partial charge in [-0.1, -0.05) is 5.16 Å². The van der Waals surface area contributed by atoms with Crippen LogP contribution in [-0.4, -0.2) is 33.2 Å². The first-order valence-electron chi connectivity index (χ1n) is 4.95. The van der Waals surface area contributed by atoms with Crippen molar-refractivity contribution < 1.29 is 4.52 Å². The van der Waals surface area contributed by atoms with E-state index in [9.17, 15) is 0 Å². The number of H-pyrrole nitrogens is 1. The number of rotatable bonds is 3. The van der Waals surface area contributed by atoms with Gasteiger partial charge in [-0.05, 0) is 19.0 Å². The van der Waals surface area contributed by atoms with Gasteiger partial charge < -0.3 is 14.8 Å². The molecule has 3 rings (SSSR count). The maximum absolute atomic E-state index is 5.15. The Labute approximate surface area is 98.3 Å². The van der Waals surface area contributed by atoms with Crippen molar-refractivity contribution in [3.63, 3.8) is 0 Å². The largest absolute Gasteiger partial charge is 0.342 e. The lowest BCUT2D eigenvalue weighted by molar-refractivity contribution is 0.296. The van der Waals surface area contributed by atoms with Crippen LogP contribution in [0.15, 0.2) is 16.9 Å². The fourth-order valence-electron chi connectivity index (χ4n) is 1.56. The second kappa shape index (κ2) is 4.63. The SMILES string of the molecule is Cl.c1c[nH]c(-c2noc(CC3CNC3)n2)n1. The van der Waals surface area contributed by atoms with E-state index in [2.05, 4.69) is 25.4 Å². The molecule has 16 heavy (non-hydrogen) atoms. The summed E-state index contributed by atoms with van der Waals surface area (Å²) in [6, 6.07) is 0. The molecule has 0 radical (unpaired) electrons. The second-order valence-corrected chi connectivity index (χ2v) is 3.68. The predicted molar refractivity (Wildman–Crippen MR) is 59.2 cm³/mol. The van der Waals surface area contributed by atoms with Crippen molar-refractivity contribution in [2.45, 2.75) is 6.42 Å². The Morgan fingerprint density at radius 1 is 1.44 bits per heavy atom. The Kier molecular flexibility index (Phi) is 3.21. The molecule has 86 valence electrons. The second-order valence-electron chi connectivity index (χ2n) is 3.68. The Balaban J connectivity index is 0.000000963. The monoisotopic (exact) mass is 241 g/mol. The molecule has 1 fully saturated rings. The van der Waals surface area contributed by atoms with Gasteiger partial charge in [-0.2, -0.15) is 4.98 Å². The third kappa shape index (κ3) is 2.07. The number of imidazole rings is 1. The van der Waals surface area contributed by atoms with Crippen LogP contribution in [-0.2, 0) is 6.42 Å². The number of aromatic nitrogens is 4. The highest BCUT2D eigenvalue weighted by Crippen LogP contribution is 2.14. The quantitative estimate of drug-likeness (QED) is 0.825. The van der Waals surface area contributed by atoms with Gasteiger partial charge in [0, 0.05) is 18.8 Å². The van der Waals surface area contributed by atoms with E-state index < -0.39 is 0 Å². The van der Waals surface area contributed by atoms with Crippen LogP contribution in [0.25, 0.3) is 11.6 Å². The van der Waals surface area contributed by atoms with Gasteiger partial charge in [-0.25, -0.2) is 4.98 Å². The topological polar surface area (TPSA) is 79.6 Å². The third-order valence-corrected chi connectivity index (χ3v) is 2.51. The van der Waals surface area contributed by atoms with Gasteiger partial charge in [-0.3, -0.25) is 0 Å². The molecule has 7 heteroatoms. The van der Waals surface area contributed by atoms with Crippen LogP contribution in [0.1, 0.15) is 5.89 Å². The predicted octanol–water partition coefficient (Wildman–Crippen LogP) is 0.643. The highest BCUT2D eigenvalue weighted by molar-refractivity contribution is 5.85. The van der Waals surface area contributed by atoms with Crippen LogP contribution in [0.3, 0.4) is 0 Å². The van der Waals surface area contributed by atoms with Crippen LogP contribution in [0, 0.1) is 5.92 Å². The average Bonchev–Trinajstić information content (AvgIpc) is 2.82. The number of nitrogens with zero attached hydrogens (tertiary/aromatic N) is 3. The smallest absolute Gasteiger partial charge is 0.238 e. The summed E-state index contributed by atoms with van der Waals surface area (Å²) in [4.78, 5) is 11.3. The Hall–Kier alpha value is -1.40. The van der Waals surface area contributed by atoms with Crippen LogP contribution in [0.2, 0.25) is 0 Å². The molecule has 1 aliphatic rings. The lowest BCUT2D eigenvalue weighted by Crippen LogP contribution is -2.43. The summed E-state index contributed by atoms with van der Waals surface area (Å²) in [6.45, 7) is 2.08. The zero-order valence-corrected chi connectivity index (χ0v) is 9.33. The summed E-state index contributed by atoms with van der Waals surface area (Å²) in [5.74, 6) is 2.50. The highest BCUT2D eigenvalue weighted by atomic mass is 35.5. The Morgan fingerprint density at radius 2 is 2.31 bits per heavy atom. The molecule has 0 bridgehead atoms. The summed E-state index contributed by atoms with van der Waals surface area (Å²) < 4.78 is 5.15. The van der Waals surface area contributed by atoms with Crippen LogP contribution in [0.4, 0.5) is 0 Å². The molecule has 6 nitrogen and oxygen atoms in total. The first-order chi connectivity index (χ1) is 7.42. The Bertz CT molecular complexity index is 436. The minimum absolute atomic E-state index is 0. The van der Waals surface area contributed by atoms with Crippen molar-refractivity contribution in [2.75, 3.05) is 13.1 Å². The fourth-order valence-corrected chi connectivity index (χ4v) is 1.56. The number of aromatic amines is 1. The molecular weight excluding hydrogens is 230 g/mol. The van der Waals surface area contributed by atoms with Gasteiger partial charge in [0.15, 0.2) is 5.82 Å². The van der Waals surface area contributed by atoms with Crippen LogP contribution >= 0.6 is 12.4 Å². The number of hydrogen-bond acceptors (Lipinski definition) is 5. The molecule has 2 aromatic heterocycles. The first kappa shape index (κ1) is 11.1. The molecule has 0 amide bonds. The summed E-state index contributed by atoms with van der Waals surface area (Å²) in [5.41, 5.74) is 0. The maximum Gasteiger partial charge on any atom is 0.238 e. The maximum atomic E-state index is 5.15. The van der Waals surface area contributed by atoms with E-state index in [0.717, 1.165) is 19.5 Å². The van der Waals surface area contributed by atoms with E-state index in [0.29, 0.717) is 23.5 Å². The minimum atomic E-state index is 0. The molecule has 3 heterocycles. The van der Waals surface area contributed by atoms with Gasteiger partial charge in [0.05, 0.1) is 0 Å². The number of halogens is 1. The number of nitrogens with one attached hydrogen (secondary N) is 2. The fraction of sp³-hybridized carbons (Fsp3) is 0.444. The van der Waals surface area contributed by atoms with E-state index >= 15 is 0 Å². The van der Waals surface area contributed by atoms with Crippen molar-refractivity contribution in [1.82, 2.24) is 25.4 Å². The molecule has 0 aliphatic carbocycles. The van der Waals surface area contributed by atoms with E-state index in [4.69, 9.17) is 4.52 Å². The van der Waals surface area contributed by atoms with E-state index in [-0.39, 0.29) is 12.4 Å². The lowest BCUT2D eigenvalue weighted by Gasteiger charge is -2.25. The van der Waals surface area contributed by atoms with E-state index in [1.165, 1.54) is 0 Å². The van der Waals surface area contributed by atoms with E-state index in [1.54, 1.807) is 12.4 Å². The van der Waals surface area contributed by atoms with Gasteiger partial charge in [0.1, 0.15) is 0 Å². The highest BCUT2D eigenvalue weighted by Gasteiger charge is 2.20. The summed E-state index contributed by atoms with van der Waals surface area (Å²) in [6.07, 6.45) is 4.25. The van der Waals surface area contributed by atoms with Gasteiger partial charge in [-0.15, -0.1) is 12.4 Å². The van der Waals surface area contributed by atoms with Crippen molar-refractivity contribution >= 4 is 12.4 Å². The molecule has 0 aromatic carbocycles. The molecule has 0 saturated carbocycles. The Morgan fingerprint density at radius 3 is 2.94 bits per heavy atom. The lowest BCUT2D eigenvalue weighted by atomic mass is 10.00. The average molecular weight is 242 g/mol. The molecule has 0 spiro atoms. The standard InChI is InChI=1S/C9H11N5O.ClH/c1-2-12-8(11-1)9-13-7(15-14-9)3-6-4-10-5-6;/h1-2,6,10H,3-5H2,(H,11,12);1H. The van der Waals surface area contributed by atoms with Gasteiger partial charge in [0.25, 0.3) is 0 Å². The molecule has 2 aromatic rings. The zero-order chi connectivity index (χ0) is 10.1. The van der Waals surface area contributed by atoms with Crippen molar-refractivity contribution in [1.29, 1.82) is 0 Å². The van der Waals surface area contributed by atoms with Crippen molar-refractivity contribution in [2.24, 2.45) is 5.92 Å². The van der Waals surface area contributed by atoms with E-state index in [1.807, 2.05) is 0 Å². The summed E-state index contributed by atoms with van der Waals surface area (Å²) in [7, 11) is 0. The van der Waals surface area contributed by atoms with Gasteiger partial charge >= 0.3 is 0 Å². The third-order valence-electron chi connectivity index (χ3n) is 2.51. The summed E-state index contributed by atoms with van der Waals surface area (Å²) >= 11 is 0. The van der Waals surface area contributed by atoms with Crippen LogP contribution in [0.5, 0.6) is 0 Å².